The molecule has 2 fully saturated rings. The summed E-state index contributed by atoms with van der Waals surface area (Å²) in [5.74, 6) is 0.932. The number of aliphatic imine (C=N–C) groups is 1. The number of piperidine rings is 1. The van der Waals surface area contributed by atoms with Crippen LogP contribution >= 0.6 is 24.0 Å². The zero-order chi connectivity index (χ0) is 22.4. The lowest BCUT2D eigenvalue weighted by Crippen LogP contribution is -2.46. The van der Waals surface area contributed by atoms with Crippen LogP contribution in [-0.4, -0.2) is 86.1 Å². The minimum absolute atomic E-state index is 0. The number of unbranched alkanes of at least 4 members (excludes halogenated alkanes) is 1. The largest absolute Gasteiger partial charge is 0.357 e. The molecule has 188 valence electrons. The fraction of sp³-hybridized carbons (Fsp3) is 0.731. The normalized spacial score (nSPS) is 18.7. The van der Waals surface area contributed by atoms with E-state index in [0.29, 0.717) is 0 Å². The number of rotatable bonds is 11. The van der Waals surface area contributed by atoms with Gasteiger partial charge in [-0.05, 0) is 69.9 Å². The Labute approximate surface area is 219 Å². The second-order valence-electron chi connectivity index (χ2n) is 9.26. The van der Waals surface area contributed by atoms with Gasteiger partial charge in [-0.25, -0.2) is 4.99 Å². The van der Waals surface area contributed by atoms with Gasteiger partial charge < -0.3 is 20.4 Å². The van der Waals surface area contributed by atoms with E-state index in [1.807, 2.05) is 0 Å². The molecule has 0 amide bonds. The van der Waals surface area contributed by atoms with E-state index in [2.05, 4.69) is 63.4 Å². The van der Waals surface area contributed by atoms with Gasteiger partial charge in [0.1, 0.15) is 0 Å². The van der Waals surface area contributed by atoms with Crippen molar-refractivity contribution in [3.05, 3.63) is 35.4 Å². The highest BCUT2D eigenvalue weighted by Crippen LogP contribution is 2.14. The van der Waals surface area contributed by atoms with Crippen LogP contribution in [0.25, 0.3) is 0 Å². The van der Waals surface area contributed by atoms with Crippen molar-refractivity contribution >= 4 is 29.9 Å². The van der Waals surface area contributed by atoms with Crippen molar-refractivity contribution in [3.8, 4) is 0 Å². The van der Waals surface area contributed by atoms with E-state index in [0.717, 1.165) is 32.1 Å². The standard InChI is InChI=1S/C26H46N6.HI/c1-3-27-26(28-14-6-9-15-31-20-18-30(4-2)19-21-31)29-22-24-10-12-25(13-11-24)23-32-16-7-5-8-17-32;/h10-13H,3-9,14-23H2,1-2H3,(H2,27,28,29);1H. The quantitative estimate of drug-likeness (QED) is 0.184. The Hall–Kier alpha value is -0.900. The van der Waals surface area contributed by atoms with E-state index in [9.17, 15) is 0 Å². The Bertz CT molecular complexity index is 651. The van der Waals surface area contributed by atoms with Crippen molar-refractivity contribution in [2.45, 2.75) is 59.0 Å². The SMILES string of the molecule is CCNC(=NCc1ccc(CN2CCCCC2)cc1)NCCCCN1CCN(CC)CC1.I. The molecular formula is C26H47IN6. The summed E-state index contributed by atoms with van der Waals surface area (Å²) in [4.78, 5) is 12.5. The molecule has 6 nitrogen and oxygen atoms in total. The minimum atomic E-state index is 0. The summed E-state index contributed by atoms with van der Waals surface area (Å²) in [6.45, 7) is 17.9. The van der Waals surface area contributed by atoms with Gasteiger partial charge in [0.2, 0.25) is 0 Å². The Kier molecular flexibility index (Phi) is 14.3. The van der Waals surface area contributed by atoms with Crippen molar-refractivity contribution in [1.29, 1.82) is 0 Å². The number of benzene rings is 1. The molecular weight excluding hydrogens is 523 g/mol. The monoisotopic (exact) mass is 570 g/mol. The Morgan fingerprint density at radius 1 is 0.788 bits per heavy atom. The molecule has 0 spiro atoms. The molecule has 0 saturated carbocycles. The van der Waals surface area contributed by atoms with Crippen LogP contribution in [0.5, 0.6) is 0 Å². The first kappa shape index (κ1) is 28.3. The van der Waals surface area contributed by atoms with Gasteiger partial charge in [0.05, 0.1) is 6.54 Å². The van der Waals surface area contributed by atoms with Crippen molar-refractivity contribution in [2.75, 3.05) is 65.4 Å². The zero-order valence-electron chi connectivity index (χ0n) is 21.0. The average molecular weight is 571 g/mol. The lowest BCUT2D eigenvalue weighted by molar-refractivity contribution is 0.136. The van der Waals surface area contributed by atoms with Gasteiger partial charge in [0.15, 0.2) is 5.96 Å². The highest BCUT2D eigenvalue weighted by atomic mass is 127. The van der Waals surface area contributed by atoms with E-state index in [1.54, 1.807) is 0 Å². The van der Waals surface area contributed by atoms with Gasteiger partial charge in [-0.3, -0.25) is 4.90 Å². The van der Waals surface area contributed by atoms with Crippen LogP contribution in [0.15, 0.2) is 29.3 Å². The molecule has 0 aliphatic carbocycles. The van der Waals surface area contributed by atoms with Gasteiger partial charge in [0, 0.05) is 45.8 Å². The molecule has 2 saturated heterocycles. The topological polar surface area (TPSA) is 46.1 Å². The molecule has 2 aliphatic rings. The van der Waals surface area contributed by atoms with Crippen LogP contribution in [0.1, 0.15) is 57.1 Å². The minimum Gasteiger partial charge on any atom is -0.357 e. The number of nitrogens with zero attached hydrogens (tertiary/aromatic N) is 4. The number of likely N-dealkylation sites (N-methyl/N-ethyl adjacent to an activating group) is 1. The van der Waals surface area contributed by atoms with E-state index >= 15 is 0 Å². The number of hydrogen-bond acceptors (Lipinski definition) is 4. The van der Waals surface area contributed by atoms with Gasteiger partial charge in [-0.1, -0.05) is 37.6 Å². The molecule has 0 radical (unpaired) electrons. The summed E-state index contributed by atoms with van der Waals surface area (Å²) in [6, 6.07) is 9.04. The lowest BCUT2D eigenvalue weighted by atomic mass is 10.1. The summed E-state index contributed by atoms with van der Waals surface area (Å²) in [5.41, 5.74) is 2.69. The van der Waals surface area contributed by atoms with Crippen LogP contribution in [-0.2, 0) is 13.1 Å². The predicted octanol–water partition coefficient (Wildman–Crippen LogP) is 3.76. The number of hydrogen-bond donors (Lipinski definition) is 2. The van der Waals surface area contributed by atoms with E-state index < -0.39 is 0 Å². The van der Waals surface area contributed by atoms with Crippen molar-refractivity contribution in [3.63, 3.8) is 0 Å². The van der Waals surface area contributed by atoms with Crippen LogP contribution in [0.4, 0.5) is 0 Å². The summed E-state index contributed by atoms with van der Waals surface area (Å²) in [7, 11) is 0. The molecule has 1 aromatic rings. The van der Waals surface area contributed by atoms with Gasteiger partial charge in [-0.2, -0.15) is 0 Å². The molecule has 2 aliphatic heterocycles. The van der Waals surface area contributed by atoms with E-state index in [4.69, 9.17) is 4.99 Å². The maximum absolute atomic E-state index is 4.80. The molecule has 0 atom stereocenters. The van der Waals surface area contributed by atoms with Gasteiger partial charge >= 0.3 is 0 Å². The van der Waals surface area contributed by atoms with Crippen molar-refractivity contribution in [1.82, 2.24) is 25.3 Å². The lowest BCUT2D eigenvalue weighted by Gasteiger charge is -2.34. The average Bonchev–Trinajstić information content (AvgIpc) is 2.84. The molecule has 0 bridgehead atoms. The first-order valence-corrected chi connectivity index (χ1v) is 13.0. The number of halogens is 1. The van der Waals surface area contributed by atoms with Crippen LogP contribution < -0.4 is 10.6 Å². The zero-order valence-corrected chi connectivity index (χ0v) is 23.4. The number of piperazine rings is 1. The number of guanidine groups is 1. The molecule has 2 heterocycles. The van der Waals surface area contributed by atoms with Gasteiger partial charge in [-0.15, -0.1) is 24.0 Å². The first-order valence-electron chi connectivity index (χ1n) is 13.0. The van der Waals surface area contributed by atoms with Gasteiger partial charge in [0.25, 0.3) is 0 Å². The number of likely N-dealkylation sites (tertiary alicyclic amines) is 1. The van der Waals surface area contributed by atoms with Crippen LogP contribution in [0, 0.1) is 0 Å². The Morgan fingerprint density at radius 3 is 2.12 bits per heavy atom. The maximum atomic E-state index is 4.80. The summed E-state index contributed by atoms with van der Waals surface area (Å²) in [5, 5.41) is 6.90. The fourth-order valence-corrected chi connectivity index (χ4v) is 4.63. The third-order valence-electron chi connectivity index (χ3n) is 6.75. The maximum Gasteiger partial charge on any atom is 0.191 e. The van der Waals surface area contributed by atoms with E-state index in [1.165, 1.54) is 95.6 Å². The Morgan fingerprint density at radius 2 is 1.45 bits per heavy atom. The summed E-state index contributed by atoms with van der Waals surface area (Å²) >= 11 is 0. The molecule has 2 N–H and O–H groups in total. The summed E-state index contributed by atoms with van der Waals surface area (Å²) < 4.78 is 0. The third-order valence-corrected chi connectivity index (χ3v) is 6.75. The number of nitrogens with one attached hydrogen (secondary N) is 2. The first-order chi connectivity index (χ1) is 15.8. The molecule has 1 aromatic carbocycles. The molecule has 0 aromatic heterocycles. The highest BCUT2D eigenvalue weighted by molar-refractivity contribution is 14.0. The molecule has 7 heteroatoms. The fourth-order valence-electron chi connectivity index (χ4n) is 4.63. The van der Waals surface area contributed by atoms with Crippen LogP contribution in [0.3, 0.4) is 0 Å². The highest BCUT2D eigenvalue weighted by Gasteiger charge is 2.14. The second-order valence-corrected chi connectivity index (χ2v) is 9.26. The summed E-state index contributed by atoms with van der Waals surface area (Å²) in [6.07, 6.45) is 6.53. The van der Waals surface area contributed by atoms with E-state index in [-0.39, 0.29) is 24.0 Å². The van der Waals surface area contributed by atoms with Crippen molar-refractivity contribution in [2.24, 2.45) is 4.99 Å². The smallest absolute Gasteiger partial charge is 0.191 e. The predicted molar refractivity (Wildman–Crippen MR) is 152 cm³/mol. The molecule has 3 rings (SSSR count). The molecule has 0 unspecified atom stereocenters. The Balaban J connectivity index is 0.00000385. The third kappa shape index (κ3) is 10.9. The molecule has 33 heavy (non-hydrogen) atoms. The van der Waals surface area contributed by atoms with Crippen LogP contribution in [0.2, 0.25) is 0 Å². The van der Waals surface area contributed by atoms with Crippen molar-refractivity contribution < 1.29 is 0 Å². The second kappa shape index (κ2) is 16.7.